The highest BCUT2D eigenvalue weighted by Crippen LogP contribution is 2.43. The largest absolute Gasteiger partial charge is 0.343 e. The van der Waals surface area contributed by atoms with E-state index in [1.807, 2.05) is 12.1 Å². The molecular weight excluding hydrogens is 507 g/mol. The monoisotopic (exact) mass is 530 g/mol. The van der Waals surface area contributed by atoms with Gasteiger partial charge in [-0.2, -0.15) is 10.5 Å². The fourth-order valence-corrected chi connectivity index (χ4v) is 6.14. The molecule has 0 N–H and O–H groups in total. The van der Waals surface area contributed by atoms with E-state index in [2.05, 4.69) is 0 Å². The second-order valence-electron chi connectivity index (χ2n) is 8.46. The summed E-state index contributed by atoms with van der Waals surface area (Å²) in [5.41, 5.74) is 0.108. The second-order valence-corrected chi connectivity index (χ2v) is 12.8. The summed E-state index contributed by atoms with van der Waals surface area (Å²) in [5, 5.41) is 18.3. The summed E-state index contributed by atoms with van der Waals surface area (Å²) in [6.45, 7) is 3.29. The molecule has 0 bridgehead atoms. The van der Waals surface area contributed by atoms with Crippen LogP contribution in [0, 0.1) is 22.7 Å². The van der Waals surface area contributed by atoms with E-state index in [1.54, 1.807) is 0 Å². The van der Waals surface area contributed by atoms with Gasteiger partial charge in [0.1, 0.15) is 12.7 Å². The van der Waals surface area contributed by atoms with Crippen LogP contribution in [0.15, 0.2) is 58.6 Å². The van der Waals surface area contributed by atoms with Gasteiger partial charge in [0.05, 0.1) is 39.1 Å². The summed E-state index contributed by atoms with van der Waals surface area (Å²) < 4.78 is 66.2. The number of nitrogens with zero attached hydrogens (tertiary/aromatic N) is 4. The summed E-state index contributed by atoms with van der Waals surface area (Å²) in [4.78, 5) is 14.5. The number of rotatable bonds is 6. The number of urea groups is 1. The topological polar surface area (TPSA) is 139 Å². The van der Waals surface area contributed by atoms with Crippen LogP contribution >= 0.6 is 0 Å². The van der Waals surface area contributed by atoms with Crippen molar-refractivity contribution in [2.75, 3.05) is 11.2 Å². The number of hydrogen-bond donors (Lipinski definition) is 0. The van der Waals surface area contributed by atoms with Gasteiger partial charge in [-0.25, -0.2) is 30.3 Å². The van der Waals surface area contributed by atoms with Crippen LogP contribution in [0.25, 0.3) is 0 Å². The van der Waals surface area contributed by atoms with Crippen molar-refractivity contribution >= 4 is 31.6 Å². The predicted molar refractivity (Wildman–Crippen MR) is 130 cm³/mol. The molecule has 0 aromatic heterocycles. The Morgan fingerprint density at radius 3 is 2.25 bits per heavy atom. The molecular formula is C24H23FN4O5S2. The van der Waals surface area contributed by atoms with Crippen LogP contribution in [-0.4, -0.2) is 38.7 Å². The number of alkyl halides is 1. The van der Waals surface area contributed by atoms with Gasteiger partial charge in [0.25, 0.3) is 0 Å². The number of nitriles is 2. The van der Waals surface area contributed by atoms with E-state index in [-0.39, 0.29) is 38.5 Å². The zero-order valence-corrected chi connectivity index (χ0v) is 21.6. The van der Waals surface area contributed by atoms with Crippen LogP contribution in [0.5, 0.6) is 0 Å². The summed E-state index contributed by atoms with van der Waals surface area (Å²) in [6, 6.07) is 10.5. The minimum Gasteiger partial charge on any atom is -0.265 e. The molecule has 0 fully saturated rings. The number of allylic oxidation sites excluding steroid dienone is 1. The molecule has 2 aromatic carbocycles. The Morgan fingerprint density at radius 1 is 1.06 bits per heavy atom. The molecule has 2 amide bonds. The highest BCUT2D eigenvalue weighted by molar-refractivity contribution is 7.91. The SMILES string of the molecule is CC1=C(C#N)[C@@H](c2ccc(C#N)cc2S(C)(=O)=O)N(S(=O)(=O)C(C)C)C(=O)N1c1cccc(CF)c1. The van der Waals surface area contributed by atoms with Gasteiger partial charge in [0.15, 0.2) is 9.84 Å². The maximum atomic E-state index is 13.8. The van der Waals surface area contributed by atoms with E-state index in [1.165, 1.54) is 57.2 Å². The van der Waals surface area contributed by atoms with Gasteiger partial charge in [-0.3, -0.25) is 4.90 Å². The van der Waals surface area contributed by atoms with Crippen LogP contribution in [-0.2, 0) is 26.5 Å². The predicted octanol–water partition coefficient (Wildman–Crippen LogP) is 3.95. The molecule has 12 heteroatoms. The average Bonchev–Trinajstić information content (AvgIpc) is 2.82. The van der Waals surface area contributed by atoms with Crippen molar-refractivity contribution in [3.63, 3.8) is 0 Å². The molecule has 3 rings (SSSR count). The highest BCUT2D eigenvalue weighted by Gasteiger charge is 2.48. The van der Waals surface area contributed by atoms with Crippen molar-refractivity contribution in [1.29, 1.82) is 10.5 Å². The van der Waals surface area contributed by atoms with Crippen LogP contribution < -0.4 is 4.90 Å². The smallest absolute Gasteiger partial charge is 0.265 e. The molecule has 36 heavy (non-hydrogen) atoms. The van der Waals surface area contributed by atoms with Gasteiger partial charge in [-0.15, -0.1) is 0 Å². The Morgan fingerprint density at radius 2 is 1.72 bits per heavy atom. The molecule has 2 aromatic rings. The summed E-state index contributed by atoms with van der Waals surface area (Å²) in [7, 11) is -8.44. The molecule has 0 unspecified atom stereocenters. The lowest BCUT2D eigenvalue weighted by Gasteiger charge is -2.42. The van der Waals surface area contributed by atoms with E-state index < -0.39 is 43.9 Å². The molecule has 188 valence electrons. The van der Waals surface area contributed by atoms with Gasteiger partial charge in [-0.05, 0) is 56.2 Å². The van der Waals surface area contributed by atoms with Crippen LogP contribution in [0.1, 0.15) is 43.5 Å². The number of carbonyl (C=O) groups excluding carboxylic acids is 1. The number of amides is 2. The Hall–Kier alpha value is -3.74. The van der Waals surface area contributed by atoms with Crippen molar-refractivity contribution in [2.24, 2.45) is 0 Å². The third kappa shape index (κ3) is 4.57. The van der Waals surface area contributed by atoms with Crippen molar-refractivity contribution in [3.8, 4) is 12.1 Å². The molecule has 9 nitrogen and oxygen atoms in total. The van der Waals surface area contributed by atoms with Gasteiger partial charge < -0.3 is 0 Å². The number of sulfone groups is 1. The molecule has 1 atom stereocenters. The Kier molecular flexibility index (Phi) is 7.25. The molecule has 1 aliphatic rings. The van der Waals surface area contributed by atoms with E-state index in [9.17, 15) is 36.5 Å². The van der Waals surface area contributed by atoms with Crippen molar-refractivity contribution in [1.82, 2.24) is 4.31 Å². The van der Waals surface area contributed by atoms with E-state index in [4.69, 9.17) is 0 Å². The van der Waals surface area contributed by atoms with E-state index >= 15 is 0 Å². The first kappa shape index (κ1) is 26.9. The number of sulfonamides is 1. The quantitative estimate of drug-likeness (QED) is 0.551. The number of carbonyl (C=O) groups is 1. The van der Waals surface area contributed by atoms with E-state index in [0.717, 1.165) is 17.2 Å². The molecule has 0 radical (unpaired) electrons. The normalized spacial score (nSPS) is 16.8. The standard InChI is InChI=1S/C24H23FN4O5S2/c1-15(2)36(33,34)29-23(20-9-8-18(13-26)11-22(20)35(4,31)32)21(14-27)16(3)28(24(29)30)19-7-5-6-17(10-19)12-25/h5-11,15,23H,12H2,1-4H3/t23-/m1/s1. The highest BCUT2D eigenvalue weighted by atomic mass is 32.2. The van der Waals surface area contributed by atoms with Crippen molar-refractivity contribution in [3.05, 3.63) is 70.4 Å². The minimum atomic E-state index is -4.42. The zero-order valence-electron chi connectivity index (χ0n) is 19.9. The first-order valence-corrected chi connectivity index (χ1v) is 14.1. The third-order valence-corrected chi connectivity index (χ3v) is 9.02. The zero-order chi connectivity index (χ0) is 27.0. The minimum absolute atomic E-state index is 0.00320. The first-order valence-electron chi connectivity index (χ1n) is 10.7. The maximum Gasteiger partial charge on any atom is 0.343 e. The van der Waals surface area contributed by atoms with Crippen LogP contribution in [0.3, 0.4) is 0 Å². The third-order valence-electron chi connectivity index (χ3n) is 5.76. The van der Waals surface area contributed by atoms with E-state index in [0.29, 0.717) is 4.31 Å². The Balaban J connectivity index is 2.46. The molecule has 1 heterocycles. The lowest BCUT2D eigenvalue weighted by molar-refractivity contribution is 0.220. The van der Waals surface area contributed by atoms with Crippen LogP contribution in [0.2, 0.25) is 0 Å². The molecule has 0 saturated carbocycles. The number of hydrogen-bond acceptors (Lipinski definition) is 7. The second kappa shape index (κ2) is 9.72. The summed E-state index contributed by atoms with van der Waals surface area (Å²) in [5.74, 6) is 0. The van der Waals surface area contributed by atoms with Crippen molar-refractivity contribution in [2.45, 2.75) is 43.6 Å². The number of halogens is 1. The lowest BCUT2D eigenvalue weighted by atomic mass is 9.94. The summed E-state index contributed by atoms with van der Waals surface area (Å²) >= 11 is 0. The fourth-order valence-electron chi connectivity index (χ4n) is 3.93. The van der Waals surface area contributed by atoms with Crippen molar-refractivity contribution < 1.29 is 26.0 Å². The molecule has 1 aliphatic heterocycles. The lowest BCUT2D eigenvalue weighted by Crippen LogP contribution is -2.53. The molecule has 0 aliphatic carbocycles. The molecule has 0 saturated heterocycles. The van der Waals surface area contributed by atoms with Crippen LogP contribution in [0.4, 0.5) is 14.9 Å². The Bertz CT molecular complexity index is 1570. The van der Waals surface area contributed by atoms with Gasteiger partial charge in [0, 0.05) is 12.0 Å². The number of anilines is 1. The first-order chi connectivity index (χ1) is 16.8. The number of benzene rings is 2. The maximum absolute atomic E-state index is 13.8. The van der Waals surface area contributed by atoms with Gasteiger partial charge >= 0.3 is 6.03 Å². The average molecular weight is 531 g/mol. The molecule has 0 spiro atoms. The fraction of sp³-hybridized carbons (Fsp3) is 0.292. The van der Waals surface area contributed by atoms with Gasteiger partial charge in [-0.1, -0.05) is 18.2 Å². The van der Waals surface area contributed by atoms with Gasteiger partial charge in [0.2, 0.25) is 10.0 Å². The Labute approximate surface area is 209 Å². The summed E-state index contributed by atoms with van der Waals surface area (Å²) in [6.07, 6.45) is 0.885.